The smallest absolute Gasteiger partial charge is 0.331 e. The lowest BCUT2D eigenvalue weighted by atomic mass is 9.81. The van der Waals surface area contributed by atoms with Crippen LogP contribution in [0.4, 0.5) is 0 Å². The molecule has 2 N–H and O–H groups in total. The van der Waals surface area contributed by atoms with Crippen molar-refractivity contribution in [1.82, 2.24) is 10.3 Å². The number of aromatic nitrogens is 1. The van der Waals surface area contributed by atoms with Gasteiger partial charge in [0.1, 0.15) is 11.2 Å². The van der Waals surface area contributed by atoms with Gasteiger partial charge in [-0.3, -0.25) is 9.59 Å². The number of pyridine rings is 1. The molecular weight excluding hydrogens is 260 g/mol. The summed E-state index contributed by atoms with van der Waals surface area (Å²) in [7, 11) is 1.31. The first-order valence-corrected chi connectivity index (χ1v) is 6.68. The van der Waals surface area contributed by atoms with Crippen molar-refractivity contribution in [2.75, 3.05) is 7.11 Å². The zero-order valence-electron chi connectivity index (χ0n) is 11.4. The number of carbonyl (C=O) groups excluding carboxylic acids is 2. The summed E-state index contributed by atoms with van der Waals surface area (Å²) in [5, 5.41) is 2.74. The molecule has 108 valence electrons. The number of carbonyl (C=O) groups is 2. The molecule has 0 unspecified atom stereocenters. The van der Waals surface area contributed by atoms with Gasteiger partial charge >= 0.3 is 5.97 Å². The zero-order chi connectivity index (χ0) is 14.6. The van der Waals surface area contributed by atoms with Crippen LogP contribution < -0.4 is 10.9 Å². The van der Waals surface area contributed by atoms with Gasteiger partial charge in [-0.05, 0) is 18.9 Å². The van der Waals surface area contributed by atoms with E-state index in [1.165, 1.54) is 25.3 Å². The Balaban J connectivity index is 2.21. The van der Waals surface area contributed by atoms with Crippen LogP contribution in [-0.2, 0) is 9.53 Å². The van der Waals surface area contributed by atoms with Crippen molar-refractivity contribution in [1.29, 1.82) is 0 Å². The van der Waals surface area contributed by atoms with Gasteiger partial charge in [-0.2, -0.15) is 0 Å². The SMILES string of the molecule is COC(=O)C1(NC(=O)c2cccc(=O)[nH]2)CCCCC1. The van der Waals surface area contributed by atoms with Gasteiger partial charge in [0.2, 0.25) is 5.56 Å². The summed E-state index contributed by atoms with van der Waals surface area (Å²) in [5.41, 5.74) is -1.18. The third-order valence-electron chi connectivity index (χ3n) is 3.65. The standard InChI is InChI=1S/C14H18N2O4/c1-20-13(19)14(8-3-2-4-9-14)16-12(18)10-6-5-7-11(17)15-10/h5-7H,2-4,8-9H2,1H3,(H,15,17)(H,16,18). The maximum atomic E-state index is 12.2. The van der Waals surface area contributed by atoms with Crippen LogP contribution in [0.5, 0.6) is 0 Å². The molecule has 1 aliphatic rings. The van der Waals surface area contributed by atoms with E-state index >= 15 is 0 Å². The molecule has 0 aromatic carbocycles. The van der Waals surface area contributed by atoms with Crippen molar-refractivity contribution in [3.8, 4) is 0 Å². The van der Waals surface area contributed by atoms with Gasteiger partial charge in [0.15, 0.2) is 0 Å². The van der Waals surface area contributed by atoms with E-state index in [2.05, 4.69) is 10.3 Å². The summed E-state index contributed by atoms with van der Waals surface area (Å²) < 4.78 is 4.83. The molecule has 0 bridgehead atoms. The molecule has 6 heteroatoms. The Hall–Kier alpha value is -2.11. The fraction of sp³-hybridized carbons (Fsp3) is 0.500. The van der Waals surface area contributed by atoms with Crippen LogP contribution in [0.15, 0.2) is 23.0 Å². The van der Waals surface area contributed by atoms with E-state index in [4.69, 9.17) is 4.74 Å². The van der Waals surface area contributed by atoms with Crippen molar-refractivity contribution in [2.45, 2.75) is 37.6 Å². The maximum absolute atomic E-state index is 12.2. The minimum atomic E-state index is -0.975. The molecule has 0 aliphatic heterocycles. The van der Waals surface area contributed by atoms with E-state index < -0.39 is 17.4 Å². The first-order chi connectivity index (χ1) is 9.57. The summed E-state index contributed by atoms with van der Waals surface area (Å²) in [5.74, 6) is -0.890. The average molecular weight is 278 g/mol. The van der Waals surface area contributed by atoms with E-state index in [1.54, 1.807) is 0 Å². The number of methoxy groups -OCH3 is 1. The van der Waals surface area contributed by atoms with Gasteiger partial charge in [0, 0.05) is 6.07 Å². The molecular formula is C14H18N2O4. The van der Waals surface area contributed by atoms with Crippen molar-refractivity contribution < 1.29 is 14.3 Å². The second-order valence-corrected chi connectivity index (χ2v) is 5.02. The highest BCUT2D eigenvalue weighted by molar-refractivity contribution is 5.96. The number of aromatic amines is 1. The number of amides is 1. The molecule has 2 rings (SSSR count). The number of esters is 1. The zero-order valence-corrected chi connectivity index (χ0v) is 11.4. The molecule has 20 heavy (non-hydrogen) atoms. The van der Waals surface area contributed by atoms with Gasteiger partial charge < -0.3 is 15.0 Å². The van der Waals surface area contributed by atoms with Crippen LogP contribution in [0, 0.1) is 0 Å². The Morgan fingerprint density at radius 1 is 1.25 bits per heavy atom. The van der Waals surface area contributed by atoms with E-state index in [9.17, 15) is 14.4 Å². The summed E-state index contributed by atoms with van der Waals surface area (Å²) in [6.45, 7) is 0. The van der Waals surface area contributed by atoms with Crippen LogP contribution >= 0.6 is 0 Å². The second kappa shape index (κ2) is 5.90. The van der Waals surface area contributed by atoms with Gasteiger partial charge in [0.05, 0.1) is 7.11 Å². The first-order valence-electron chi connectivity index (χ1n) is 6.68. The Bertz CT molecular complexity index is 558. The Kier molecular flexibility index (Phi) is 4.22. The van der Waals surface area contributed by atoms with E-state index in [0.717, 1.165) is 19.3 Å². The predicted octanol–water partition coefficient (Wildman–Crippen LogP) is 0.981. The minimum absolute atomic E-state index is 0.145. The molecule has 0 saturated heterocycles. The third-order valence-corrected chi connectivity index (χ3v) is 3.65. The first kappa shape index (κ1) is 14.3. The number of rotatable bonds is 3. The normalized spacial score (nSPS) is 17.2. The molecule has 1 aromatic heterocycles. The molecule has 1 saturated carbocycles. The van der Waals surface area contributed by atoms with Gasteiger partial charge in [-0.15, -0.1) is 0 Å². The van der Waals surface area contributed by atoms with Crippen LogP contribution in [0.1, 0.15) is 42.6 Å². The summed E-state index contributed by atoms with van der Waals surface area (Å²) in [6.07, 6.45) is 3.88. The molecule has 0 radical (unpaired) electrons. The molecule has 6 nitrogen and oxygen atoms in total. The van der Waals surface area contributed by atoms with E-state index in [-0.39, 0.29) is 11.3 Å². The molecule has 1 fully saturated rings. The largest absolute Gasteiger partial charge is 0.467 e. The Morgan fingerprint density at radius 3 is 2.55 bits per heavy atom. The van der Waals surface area contributed by atoms with Crippen molar-refractivity contribution >= 4 is 11.9 Å². The number of hydrogen-bond donors (Lipinski definition) is 2. The average Bonchev–Trinajstić information content (AvgIpc) is 2.47. The summed E-state index contributed by atoms with van der Waals surface area (Å²) >= 11 is 0. The maximum Gasteiger partial charge on any atom is 0.331 e. The highest BCUT2D eigenvalue weighted by Gasteiger charge is 2.42. The van der Waals surface area contributed by atoms with Crippen molar-refractivity contribution in [2.24, 2.45) is 0 Å². The summed E-state index contributed by atoms with van der Waals surface area (Å²) in [4.78, 5) is 37.9. The highest BCUT2D eigenvalue weighted by Crippen LogP contribution is 2.29. The van der Waals surface area contributed by atoms with E-state index in [1.807, 2.05) is 0 Å². The topological polar surface area (TPSA) is 88.3 Å². The molecule has 1 aromatic rings. The van der Waals surface area contributed by atoms with Crippen LogP contribution in [-0.4, -0.2) is 29.5 Å². The number of ether oxygens (including phenoxy) is 1. The molecule has 1 heterocycles. The monoisotopic (exact) mass is 278 g/mol. The fourth-order valence-corrected chi connectivity index (χ4v) is 2.60. The van der Waals surface area contributed by atoms with E-state index in [0.29, 0.717) is 12.8 Å². The molecule has 0 atom stereocenters. The van der Waals surface area contributed by atoms with Gasteiger partial charge in [0.25, 0.3) is 5.91 Å². The van der Waals surface area contributed by atoms with Crippen LogP contribution in [0.2, 0.25) is 0 Å². The minimum Gasteiger partial charge on any atom is -0.467 e. The Labute approximate surface area is 116 Å². The molecule has 0 spiro atoms. The number of nitrogens with one attached hydrogen (secondary N) is 2. The quantitative estimate of drug-likeness (QED) is 0.807. The fourth-order valence-electron chi connectivity index (χ4n) is 2.60. The molecule has 1 amide bonds. The molecule has 1 aliphatic carbocycles. The lowest BCUT2D eigenvalue weighted by Gasteiger charge is -2.35. The highest BCUT2D eigenvalue weighted by atomic mass is 16.5. The third kappa shape index (κ3) is 2.89. The number of H-pyrrole nitrogens is 1. The second-order valence-electron chi connectivity index (χ2n) is 5.02. The lowest BCUT2D eigenvalue weighted by molar-refractivity contribution is -0.149. The predicted molar refractivity (Wildman–Crippen MR) is 72.4 cm³/mol. The number of hydrogen-bond acceptors (Lipinski definition) is 4. The summed E-state index contributed by atoms with van der Waals surface area (Å²) in [6, 6.07) is 4.33. The van der Waals surface area contributed by atoms with Gasteiger partial charge in [-0.25, -0.2) is 4.79 Å². The van der Waals surface area contributed by atoms with Crippen LogP contribution in [0.3, 0.4) is 0 Å². The van der Waals surface area contributed by atoms with Gasteiger partial charge in [-0.1, -0.05) is 25.3 Å². The Morgan fingerprint density at radius 2 is 1.95 bits per heavy atom. The van der Waals surface area contributed by atoms with Crippen molar-refractivity contribution in [3.05, 3.63) is 34.2 Å². The lowest BCUT2D eigenvalue weighted by Crippen LogP contribution is -2.56. The van der Waals surface area contributed by atoms with Crippen LogP contribution in [0.25, 0.3) is 0 Å². The van der Waals surface area contributed by atoms with Crippen molar-refractivity contribution in [3.63, 3.8) is 0 Å².